The Kier molecular flexibility index (Phi) is 4.82. The second-order valence-corrected chi connectivity index (χ2v) is 7.51. The fraction of sp³-hybridized carbons (Fsp3) is 0.579. The van der Waals surface area contributed by atoms with Crippen LogP contribution >= 0.6 is 0 Å². The highest BCUT2D eigenvalue weighted by molar-refractivity contribution is 5.80. The highest BCUT2D eigenvalue weighted by atomic mass is 19.1. The minimum atomic E-state index is -0.612. The standard InChI is InChI=1S/C19H25FN2O3/c1-13(24)21-8-7-17-15(11-21)10-19(2,12-23)22(17)18(25)9-14-3-5-16(20)6-4-14/h3-6,15,17,23H,7-12H2,1-2H3/t15-,17-,19+/m0/s1. The molecule has 6 heteroatoms. The van der Waals surface area contributed by atoms with Gasteiger partial charge in [0.05, 0.1) is 18.6 Å². The van der Waals surface area contributed by atoms with Crippen LogP contribution in [0.15, 0.2) is 24.3 Å². The van der Waals surface area contributed by atoms with E-state index in [-0.39, 0.29) is 42.6 Å². The lowest BCUT2D eigenvalue weighted by Crippen LogP contribution is -2.54. The molecule has 0 saturated carbocycles. The number of fused-ring (bicyclic) bond motifs is 1. The fourth-order valence-electron chi connectivity index (χ4n) is 4.40. The van der Waals surface area contributed by atoms with Crippen LogP contribution in [0.1, 0.15) is 32.3 Å². The Morgan fingerprint density at radius 2 is 2.00 bits per heavy atom. The molecule has 2 amide bonds. The van der Waals surface area contributed by atoms with Gasteiger partial charge in [0.1, 0.15) is 5.82 Å². The van der Waals surface area contributed by atoms with Crippen LogP contribution < -0.4 is 0 Å². The number of piperidine rings is 1. The van der Waals surface area contributed by atoms with Gasteiger partial charge in [0.15, 0.2) is 0 Å². The molecule has 1 N–H and O–H groups in total. The first-order valence-corrected chi connectivity index (χ1v) is 8.77. The van der Waals surface area contributed by atoms with Crippen LogP contribution in [-0.2, 0) is 16.0 Å². The van der Waals surface area contributed by atoms with Crippen molar-refractivity contribution >= 4 is 11.8 Å². The first-order valence-electron chi connectivity index (χ1n) is 8.77. The van der Waals surface area contributed by atoms with Crippen LogP contribution in [0.2, 0.25) is 0 Å². The molecule has 25 heavy (non-hydrogen) atoms. The van der Waals surface area contributed by atoms with Crippen molar-refractivity contribution in [3.8, 4) is 0 Å². The van der Waals surface area contributed by atoms with Crippen molar-refractivity contribution in [1.29, 1.82) is 0 Å². The number of hydrogen-bond donors (Lipinski definition) is 1. The Morgan fingerprint density at radius 3 is 2.60 bits per heavy atom. The Labute approximate surface area is 147 Å². The zero-order valence-corrected chi connectivity index (χ0v) is 14.7. The molecular formula is C19H25FN2O3. The summed E-state index contributed by atoms with van der Waals surface area (Å²) < 4.78 is 13.1. The molecule has 3 rings (SSSR count). The molecule has 2 saturated heterocycles. The normalized spacial score (nSPS) is 28.8. The summed E-state index contributed by atoms with van der Waals surface area (Å²) in [5.41, 5.74) is 0.149. The topological polar surface area (TPSA) is 60.9 Å². The van der Waals surface area contributed by atoms with Crippen LogP contribution in [0.25, 0.3) is 0 Å². The predicted molar refractivity (Wildman–Crippen MR) is 91.2 cm³/mol. The third kappa shape index (κ3) is 3.40. The summed E-state index contributed by atoms with van der Waals surface area (Å²) in [6.45, 7) is 4.65. The van der Waals surface area contributed by atoms with Crippen molar-refractivity contribution in [2.75, 3.05) is 19.7 Å². The molecule has 1 aromatic rings. The van der Waals surface area contributed by atoms with Gasteiger partial charge in [-0.05, 0) is 43.4 Å². The number of halogens is 1. The van der Waals surface area contributed by atoms with Crippen LogP contribution in [-0.4, -0.2) is 58.0 Å². The number of hydrogen-bond acceptors (Lipinski definition) is 3. The van der Waals surface area contributed by atoms with Gasteiger partial charge in [-0.25, -0.2) is 4.39 Å². The summed E-state index contributed by atoms with van der Waals surface area (Å²) in [4.78, 5) is 28.3. The molecule has 2 heterocycles. The quantitative estimate of drug-likeness (QED) is 0.902. The van der Waals surface area contributed by atoms with E-state index in [0.29, 0.717) is 19.5 Å². The number of carbonyl (C=O) groups excluding carboxylic acids is 2. The van der Waals surface area contributed by atoms with Gasteiger partial charge < -0.3 is 14.9 Å². The number of nitrogens with zero attached hydrogens (tertiary/aromatic N) is 2. The van der Waals surface area contributed by atoms with E-state index in [0.717, 1.165) is 12.0 Å². The van der Waals surface area contributed by atoms with Gasteiger partial charge in [-0.3, -0.25) is 9.59 Å². The van der Waals surface area contributed by atoms with E-state index in [2.05, 4.69) is 0 Å². The Bertz CT molecular complexity index is 663. The van der Waals surface area contributed by atoms with Crippen LogP contribution in [0.3, 0.4) is 0 Å². The van der Waals surface area contributed by atoms with Crippen LogP contribution in [0, 0.1) is 11.7 Å². The lowest BCUT2D eigenvalue weighted by Gasteiger charge is -2.40. The zero-order valence-electron chi connectivity index (χ0n) is 14.7. The maximum atomic E-state index is 13.1. The largest absolute Gasteiger partial charge is 0.394 e. The summed E-state index contributed by atoms with van der Waals surface area (Å²) >= 11 is 0. The number of aliphatic hydroxyl groups excluding tert-OH is 1. The highest BCUT2D eigenvalue weighted by Crippen LogP contribution is 2.42. The van der Waals surface area contributed by atoms with E-state index < -0.39 is 5.54 Å². The molecule has 0 radical (unpaired) electrons. The van der Waals surface area contributed by atoms with Crippen LogP contribution in [0.4, 0.5) is 4.39 Å². The predicted octanol–water partition coefficient (Wildman–Crippen LogP) is 1.59. The monoisotopic (exact) mass is 348 g/mol. The molecule has 0 aliphatic carbocycles. The fourth-order valence-corrected chi connectivity index (χ4v) is 4.40. The molecule has 136 valence electrons. The van der Waals surface area contributed by atoms with E-state index in [1.165, 1.54) is 12.1 Å². The first kappa shape index (κ1) is 17.9. The summed E-state index contributed by atoms with van der Waals surface area (Å²) in [5.74, 6) is -0.131. The number of aliphatic hydroxyl groups is 1. The van der Waals surface area contributed by atoms with E-state index in [9.17, 15) is 19.1 Å². The van der Waals surface area contributed by atoms with Crippen molar-refractivity contribution in [2.45, 2.75) is 44.7 Å². The molecule has 2 aliphatic rings. The second-order valence-electron chi connectivity index (χ2n) is 7.51. The van der Waals surface area contributed by atoms with Gasteiger partial charge in [0, 0.05) is 26.1 Å². The van der Waals surface area contributed by atoms with Gasteiger partial charge in [-0.2, -0.15) is 0 Å². The zero-order chi connectivity index (χ0) is 18.2. The van der Waals surface area contributed by atoms with Gasteiger partial charge in [0.2, 0.25) is 11.8 Å². The van der Waals surface area contributed by atoms with Gasteiger partial charge in [-0.15, -0.1) is 0 Å². The lowest BCUT2D eigenvalue weighted by atomic mass is 9.89. The molecule has 0 aromatic heterocycles. The smallest absolute Gasteiger partial charge is 0.227 e. The number of benzene rings is 1. The van der Waals surface area contributed by atoms with E-state index >= 15 is 0 Å². The van der Waals surface area contributed by atoms with Gasteiger partial charge >= 0.3 is 0 Å². The SMILES string of the molecule is CC(=O)N1CC[C@H]2[C@H](C1)C[C@](C)(CO)N2C(=O)Cc1ccc(F)cc1. The summed E-state index contributed by atoms with van der Waals surface area (Å²) in [7, 11) is 0. The average molecular weight is 348 g/mol. The highest BCUT2D eigenvalue weighted by Gasteiger charge is 2.52. The molecule has 3 atom stereocenters. The molecule has 1 aromatic carbocycles. The van der Waals surface area contributed by atoms with Crippen molar-refractivity contribution in [3.05, 3.63) is 35.6 Å². The lowest BCUT2D eigenvalue weighted by molar-refractivity contribution is -0.139. The van der Waals surface area contributed by atoms with Crippen LogP contribution in [0.5, 0.6) is 0 Å². The summed E-state index contributed by atoms with van der Waals surface area (Å²) in [5, 5.41) is 9.95. The molecule has 2 aliphatic heterocycles. The Balaban J connectivity index is 1.79. The maximum Gasteiger partial charge on any atom is 0.227 e. The second kappa shape index (κ2) is 6.75. The van der Waals surface area contributed by atoms with Crippen molar-refractivity contribution in [2.24, 2.45) is 5.92 Å². The summed E-state index contributed by atoms with van der Waals surface area (Å²) in [6, 6.07) is 5.99. The Hall–Kier alpha value is -1.95. The Morgan fingerprint density at radius 1 is 1.32 bits per heavy atom. The number of amides is 2. The molecule has 0 unspecified atom stereocenters. The third-order valence-corrected chi connectivity index (χ3v) is 5.63. The number of carbonyl (C=O) groups is 2. The molecule has 5 nitrogen and oxygen atoms in total. The summed E-state index contributed by atoms with van der Waals surface area (Å²) in [6.07, 6.45) is 1.61. The van der Waals surface area contributed by atoms with Crippen molar-refractivity contribution < 1.29 is 19.1 Å². The molecular weight excluding hydrogens is 323 g/mol. The minimum absolute atomic E-state index is 0.0423. The first-order chi connectivity index (χ1) is 11.8. The molecule has 0 spiro atoms. The number of likely N-dealkylation sites (tertiary alicyclic amines) is 2. The van der Waals surface area contributed by atoms with E-state index in [4.69, 9.17) is 0 Å². The average Bonchev–Trinajstić information content (AvgIpc) is 2.88. The third-order valence-electron chi connectivity index (χ3n) is 5.63. The van der Waals surface area contributed by atoms with E-state index in [1.54, 1.807) is 19.1 Å². The van der Waals surface area contributed by atoms with Crippen molar-refractivity contribution in [3.63, 3.8) is 0 Å². The van der Waals surface area contributed by atoms with E-state index in [1.807, 2.05) is 16.7 Å². The maximum absolute atomic E-state index is 13.1. The van der Waals surface area contributed by atoms with Gasteiger partial charge in [-0.1, -0.05) is 12.1 Å². The van der Waals surface area contributed by atoms with Gasteiger partial charge in [0.25, 0.3) is 0 Å². The molecule has 2 fully saturated rings. The minimum Gasteiger partial charge on any atom is -0.394 e. The molecule has 0 bridgehead atoms. The van der Waals surface area contributed by atoms with Crippen molar-refractivity contribution in [1.82, 2.24) is 9.80 Å². The number of rotatable bonds is 3.